The molecule has 2 aromatic carbocycles. The summed E-state index contributed by atoms with van der Waals surface area (Å²) in [5.41, 5.74) is 2.74. The average molecular weight is 489 g/mol. The summed E-state index contributed by atoms with van der Waals surface area (Å²) in [5, 5.41) is 13.8. The molecule has 0 saturated carbocycles. The second-order valence-corrected chi connectivity index (χ2v) is 10.6. The number of carboxylic acid groups (broad SMARTS) is 1. The van der Waals surface area contributed by atoms with Crippen LogP contribution in [0.5, 0.6) is 0 Å². The lowest BCUT2D eigenvalue weighted by Gasteiger charge is -2.25. The van der Waals surface area contributed by atoms with E-state index in [4.69, 9.17) is 5.11 Å². The van der Waals surface area contributed by atoms with Gasteiger partial charge in [-0.15, -0.1) is 0 Å². The quantitative estimate of drug-likeness (QED) is 0.353. The highest BCUT2D eigenvalue weighted by atomic mass is 31.2. The first-order chi connectivity index (χ1) is 16.0. The minimum absolute atomic E-state index is 0.109. The number of hydrogen-bond acceptors (Lipinski definition) is 5. The van der Waals surface area contributed by atoms with E-state index < -0.39 is 49.2 Å². The van der Waals surface area contributed by atoms with Gasteiger partial charge in [-0.1, -0.05) is 54.6 Å². The van der Waals surface area contributed by atoms with Gasteiger partial charge >= 0.3 is 12.1 Å². The highest BCUT2D eigenvalue weighted by molar-refractivity contribution is 7.58. The predicted molar refractivity (Wildman–Crippen MR) is 128 cm³/mol. The number of hydrogen-bond donors (Lipinski definition) is 4. The number of rotatable bonds is 11. The van der Waals surface area contributed by atoms with Crippen LogP contribution in [0.25, 0.3) is 11.1 Å². The molecular formula is C24H30N2O7P. The predicted octanol–water partition coefficient (Wildman–Crippen LogP) is 3.63. The topological polar surface area (TPSA) is 142 Å². The highest BCUT2D eigenvalue weighted by Crippen LogP contribution is 2.47. The van der Waals surface area contributed by atoms with Gasteiger partial charge in [0.1, 0.15) is 18.4 Å². The van der Waals surface area contributed by atoms with E-state index in [1.54, 1.807) is 0 Å². The third-order valence-electron chi connectivity index (χ3n) is 5.28. The highest BCUT2D eigenvalue weighted by Gasteiger charge is 2.35. The van der Waals surface area contributed by atoms with Crippen LogP contribution in [0.2, 0.25) is 0 Å². The van der Waals surface area contributed by atoms with Crippen molar-refractivity contribution in [3.63, 3.8) is 0 Å². The van der Waals surface area contributed by atoms with Crippen molar-refractivity contribution in [1.82, 2.24) is 10.6 Å². The molecule has 0 heterocycles. The normalized spacial score (nSPS) is 15.3. The molecule has 2 amide bonds. The fraction of sp³-hybridized carbons (Fsp3) is 0.333. The number of carbonyl (C=O) groups is 3. The maximum Gasteiger partial charge on any atom is 0.408 e. The molecule has 34 heavy (non-hydrogen) atoms. The lowest BCUT2D eigenvalue weighted by Crippen LogP contribution is -2.44. The summed E-state index contributed by atoms with van der Waals surface area (Å²) in [4.78, 5) is 46.3. The molecule has 0 aliphatic rings. The smallest absolute Gasteiger partial charge is 0.408 e. The average Bonchev–Trinajstić information content (AvgIpc) is 2.79. The molecule has 2 rings (SSSR count). The molecule has 0 aliphatic heterocycles. The lowest BCUT2D eigenvalue weighted by atomic mass is 9.97. The van der Waals surface area contributed by atoms with Crippen LogP contribution in [0, 0.1) is 12.5 Å². The van der Waals surface area contributed by atoms with Crippen LogP contribution in [0.1, 0.15) is 26.3 Å². The Balaban J connectivity index is 2.22. The lowest BCUT2D eigenvalue weighted by molar-refractivity contribution is -0.141. The zero-order chi connectivity index (χ0) is 25.3. The van der Waals surface area contributed by atoms with Gasteiger partial charge in [-0.25, -0.2) is 4.79 Å². The van der Waals surface area contributed by atoms with E-state index in [9.17, 15) is 23.8 Å². The molecule has 183 valence electrons. The third kappa shape index (κ3) is 8.01. The number of aliphatic carboxylic acids is 1. The second kappa shape index (κ2) is 12.3. The Hall–Kier alpha value is -3.16. The largest absolute Gasteiger partial charge is 0.480 e. The zero-order valence-corrected chi connectivity index (χ0v) is 20.2. The molecule has 1 radical (unpaired) electrons. The Kier molecular flexibility index (Phi) is 9.83. The number of carbonyl (C=O) groups excluding carboxylic acids is 2. The summed E-state index contributed by atoms with van der Waals surface area (Å²) >= 11 is 0. The van der Waals surface area contributed by atoms with Gasteiger partial charge in [0.2, 0.25) is 13.3 Å². The Morgan fingerprint density at radius 2 is 1.59 bits per heavy atom. The Labute approximate surface area is 199 Å². The molecule has 4 atom stereocenters. The van der Waals surface area contributed by atoms with E-state index in [2.05, 4.69) is 15.4 Å². The Morgan fingerprint density at radius 1 is 1.00 bits per heavy atom. The first-order valence-corrected chi connectivity index (χ1v) is 12.7. The molecule has 4 N–H and O–H groups in total. The van der Waals surface area contributed by atoms with Crippen molar-refractivity contribution in [3.8, 4) is 11.1 Å². The minimum atomic E-state index is -4.07. The van der Waals surface area contributed by atoms with Crippen LogP contribution >= 0.6 is 7.37 Å². The van der Waals surface area contributed by atoms with Crippen molar-refractivity contribution in [1.29, 1.82) is 0 Å². The Morgan fingerprint density at radius 3 is 2.15 bits per heavy atom. The number of amides is 2. The van der Waals surface area contributed by atoms with Crippen molar-refractivity contribution in [2.45, 2.75) is 39.0 Å². The maximum atomic E-state index is 13.0. The van der Waals surface area contributed by atoms with Gasteiger partial charge in [-0.2, -0.15) is 0 Å². The van der Waals surface area contributed by atoms with E-state index >= 15 is 0 Å². The van der Waals surface area contributed by atoms with Crippen molar-refractivity contribution in [2.24, 2.45) is 5.92 Å². The molecule has 10 heteroatoms. The monoisotopic (exact) mass is 489 g/mol. The Bertz CT molecular complexity index is 1030. The molecule has 0 aromatic heterocycles. The van der Waals surface area contributed by atoms with Crippen LogP contribution in [0.3, 0.4) is 0 Å². The third-order valence-corrected chi connectivity index (χ3v) is 7.59. The van der Waals surface area contributed by atoms with Gasteiger partial charge in [0.15, 0.2) is 0 Å². The maximum absolute atomic E-state index is 13.0. The molecule has 0 spiro atoms. The number of ether oxygens (including phenoxy) is 1. The SMILES string of the molecule is C[CH]OC(=O)NC(C)P(=O)(O)CC(Cc1ccc(-c2ccccc2)cc1)C(=O)NC(C)C(=O)O. The fourth-order valence-corrected chi connectivity index (χ4v) is 4.82. The molecule has 0 saturated heterocycles. The molecular weight excluding hydrogens is 459 g/mol. The van der Waals surface area contributed by atoms with Gasteiger partial charge in [-0.05, 0) is 43.9 Å². The molecule has 4 unspecified atom stereocenters. The number of carboxylic acids is 1. The van der Waals surface area contributed by atoms with Crippen molar-refractivity contribution in [2.75, 3.05) is 6.16 Å². The van der Waals surface area contributed by atoms with Gasteiger partial charge in [0.05, 0.1) is 5.92 Å². The minimum Gasteiger partial charge on any atom is -0.480 e. The van der Waals surface area contributed by atoms with Crippen LogP contribution in [0.4, 0.5) is 4.79 Å². The van der Waals surface area contributed by atoms with Crippen LogP contribution in [-0.4, -0.2) is 46.0 Å². The molecule has 2 aromatic rings. The van der Waals surface area contributed by atoms with Crippen molar-refractivity contribution in [3.05, 3.63) is 66.8 Å². The zero-order valence-electron chi connectivity index (χ0n) is 19.3. The summed E-state index contributed by atoms with van der Waals surface area (Å²) in [6.45, 7) is 5.27. The van der Waals surface area contributed by atoms with E-state index in [1.165, 1.54) is 20.8 Å². The summed E-state index contributed by atoms with van der Waals surface area (Å²) in [6.07, 6.45) is -1.23. The summed E-state index contributed by atoms with van der Waals surface area (Å²) in [6, 6.07) is 16.0. The van der Waals surface area contributed by atoms with E-state index in [1.807, 2.05) is 54.6 Å². The van der Waals surface area contributed by atoms with E-state index in [0.29, 0.717) is 0 Å². The number of alkyl carbamates (subject to hydrolysis) is 1. The van der Waals surface area contributed by atoms with E-state index in [-0.39, 0.29) is 6.42 Å². The number of benzene rings is 2. The number of nitrogens with one attached hydrogen (secondary N) is 2. The van der Waals surface area contributed by atoms with Crippen LogP contribution < -0.4 is 10.6 Å². The molecule has 0 bridgehead atoms. The molecule has 9 nitrogen and oxygen atoms in total. The standard InChI is InChI=1S/C24H30N2O7P/c1-4-33-24(30)26-17(3)34(31,32)15-21(22(27)25-16(2)23(28)29)14-18-10-12-20(13-11-18)19-8-6-5-7-9-19/h4-13,16-17,21H,14-15H2,1-3H3,(H,25,27)(H,26,30)(H,28,29)(H,31,32). The molecule has 0 fully saturated rings. The van der Waals surface area contributed by atoms with Gasteiger partial charge in [0, 0.05) is 6.16 Å². The second-order valence-electron chi connectivity index (χ2n) is 7.93. The summed E-state index contributed by atoms with van der Waals surface area (Å²) in [7, 11) is -4.07. The van der Waals surface area contributed by atoms with Crippen LogP contribution in [0.15, 0.2) is 54.6 Å². The first kappa shape index (κ1) is 27.1. The summed E-state index contributed by atoms with van der Waals surface area (Å²) in [5.74, 6) is -4.06. The van der Waals surface area contributed by atoms with Gasteiger partial charge in [-0.3, -0.25) is 14.2 Å². The van der Waals surface area contributed by atoms with Crippen LogP contribution in [-0.2, 0) is 25.3 Å². The van der Waals surface area contributed by atoms with Crippen molar-refractivity contribution >= 4 is 25.3 Å². The molecule has 0 aliphatic carbocycles. The van der Waals surface area contributed by atoms with Gasteiger partial charge < -0.3 is 25.4 Å². The van der Waals surface area contributed by atoms with E-state index in [0.717, 1.165) is 23.3 Å². The van der Waals surface area contributed by atoms with Crippen molar-refractivity contribution < 1.29 is 33.7 Å². The van der Waals surface area contributed by atoms with Gasteiger partial charge in [0.25, 0.3) is 0 Å². The first-order valence-electron chi connectivity index (χ1n) is 10.8. The fourth-order valence-electron chi connectivity index (χ4n) is 3.27. The summed E-state index contributed by atoms with van der Waals surface area (Å²) < 4.78 is 17.6.